The summed E-state index contributed by atoms with van der Waals surface area (Å²) in [5.74, 6) is 0.342. The molecule has 0 radical (unpaired) electrons. The molecule has 0 atom stereocenters. The zero-order valence-electron chi connectivity index (χ0n) is 17.5. The number of fused-ring (bicyclic) bond motifs is 1. The maximum Gasteiger partial charge on any atom is 0.411 e. The summed E-state index contributed by atoms with van der Waals surface area (Å²) in [6.07, 6.45) is 3.10. The van der Waals surface area contributed by atoms with Crippen LogP contribution in [0.15, 0.2) is 46.9 Å². The highest BCUT2D eigenvalue weighted by molar-refractivity contribution is 9.10. The van der Waals surface area contributed by atoms with Crippen LogP contribution in [0, 0.1) is 5.92 Å². The molecule has 2 aliphatic rings. The van der Waals surface area contributed by atoms with Crippen LogP contribution in [0.25, 0.3) is 0 Å². The molecule has 1 amide bonds. The SMILES string of the molecule is O=C(Nc1cccc2c1NCC2)OCCCN1CCC(C(=O)c2ccc(Br)cc2)CC1. The van der Waals surface area contributed by atoms with Crippen LogP contribution in [0.5, 0.6) is 0 Å². The molecular formula is C24H28BrN3O3. The average Bonchev–Trinajstić information content (AvgIpc) is 3.27. The number of para-hydroxylation sites is 1. The summed E-state index contributed by atoms with van der Waals surface area (Å²) in [4.78, 5) is 27.1. The Morgan fingerprint density at radius 3 is 2.68 bits per heavy atom. The van der Waals surface area contributed by atoms with Crippen LogP contribution in [0.1, 0.15) is 35.2 Å². The fourth-order valence-corrected chi connectivity index (χ4v) is 4.58. The lowest BCUT2D eigenvalue weighted by Crippen LogP contribution is -2.37. The number of piperidine rings is 1. The average molecular weight is 486 g/mol. The maximum absolute atomic E-state index is 12.7. The highest BCUT2D eigenvalue weighted by Gasteiger charge is 2.25. The van der Waals surface area contributed by atoms with Gasteiger partial charge in [0, 0.05) is 29.0 Å². The first-order valence-corrected chi connectivity index (χ1v) is 11.7. The number of rotatable bonds is 7. The third kappa shape index (κ3) is 5.66. The summed E-state index contributed by atoms with van der Waals surface area (Å²) >= 11 is 3.41. The van der Waals surface area contributed by atoms with E-state index < -0.39 is 6.09 Å². The number of nitrogens with one attached hydrogen (secondary N) is 2. The number of hydrogen-bond acceptors (Lipinski definition) is 5. The Balaban J connectivity index is 1.14. The van der Waals surface area contributed by atoms with Crippen LogP contribution in [-0.2, 0) is 11.2 Å². The van der Waals surface area contributed by atoms with E-state index >= 15 is 0 Å². The lowest BCUT2D eigenvalue weighted by Gasteiger charge is -2.31. The van der Waals surface area contributed by atoms with Gasteiger partial charge in [-0.25, -0.2) is 4.79 Å². The van der Waals surface area contributed by atoms with Crippen LogP contribution in [-0.4, -0.2) is 49.6 Å². The van der Waals surface area contributed by atoms with E-state index in [9.17, 15) is 9.59 Å². The third-order valence-corrected chi connectivity index (χ3v) is 6.55. The zero-order valence-corrected chi connectivity index (χ0v) is 19.1. The number of Topliss-reactive ketones (excluding diaryl/α,β-unsaturated/α-hetero) is 1. The minimum Gasteiger partial charge on any atom is -0.449 e. The van der Waals surface area contributed by atoms with Crippen LogP contribution in [0.2, 0.25) is 0 Å². The molecule has 4 rings (SSSR count). The predicted octanol–water partition coefficient (Wildman–Crippen LogP) is 4.95. The Morgan fingerprint density at radius 1 is 1.13 bits per heavy atom. The van der Waals surface area contributed by atoms with Crippen molar-refractivity contribution in [2.24, 2.45) is 5.92 Å². The van der Waals surface area contributed by atoms with Gasteiger partial charge in [0.25, 0.3) is 0 Å². The molecule has 0 spiro atoms. The molecule has 7 heteroatoms. The van der Waals surface area contributed by atoms with E-state index in [-0.39, 0.29) is 11.7 Å². The first-order chi connectivity index (χ1) is 15.1. The Hall–Kier alpha value is -2.38. The number of amides is 1. The standard InChI is InChI=1S/C24H28BrN3O3/c25-20-7-5-18(6-8-20)23(29)19-10-14-28(15-11-19)13-2-16-31-24(30)27-21-4-1-3-17-9-12-26-22(17)21/h1,3-8,19,26H,2,9-16H2,(H,27,30). The smallest absolute Gasteiger partial charge is 0.411 e. The fraction of sp³-hybridized carbons (Fsp3) is 0.417. The second-order valence-electron chi connectivity index (χ2n) is 8.12. The van der Waals surface area contributed by atoms with Gasteiger partial charge in [0.1, 0.15) is 0 Å². The lowest BCUT2D eigenvalue weighted by atomic mass is 9.89. The quantitative estimate of drug-likeness (QED) is 0.428. The largest absolute Gasteiger partial charge is 0.449 e. The van der Waals surface area contributed by atoms with Crippen LogP contribution in [0.3, 0.4) is 0 Å². The first kappa shape index (κ1) is 21.8. The van der Waals surface area contributed by atoms with Crippen molar-refractivity contribution < 1.29 is 14.3 Å². The Bertz CT molecular complexity index is 924. The van der Waals surface area contributed by atoms with E-state index in [2.05, 4.69) is 37.5 Å². The molecule has 0 aromatic heterocycles. The van der Waals surface area contributed by atoms with Gasteiger partial charge in [0.2, 0.25) is 0 Å². The number of anilines is 2. The van der Waals surface area contributed by atoms with Gasteiger partial charge in [-0.2, -0.15) is 0 Å². The highest BCUT2D eigenvalue weighted by atomic mass is 79.9. The first-order valence-electron chi connectivity index (χ1n) is 10.9. The molecule has 6 nitrogen and oxygen atoms in total. The van der Waals surface area contributed by atoms with Crippen molar-refractivity contribution in [2.75, 3.05) is 43.4 Å². The number of ketones is 1. The molecule has 0 saturated carbocycles. The monoisotopic (exact) mass is 485 g/mol. The van der Waals surface area contributed by atoms with Crippen molar-refractivity contribution in [2.45, 2.75) is 25.7 Å². The van der Waals surface area contributed by atoms with Gasteiger partial charge in [-0.1, -0.05) is 40.2 Å². The molecule has 164 valence electrons. The van der Waals surface area contributed by atoms with E-state index in [1.807, 2.05) is 36.4 Å². The summed E-state index contributed by atoms with van der Waals surface area (Å²) in [5, 5.41) is 6.15. The predicted molar refractivity (Wildman–Crippen MR) is 126 cm³/mol. The zero-order chi connectivity index (χ0) is 21.6. The molecule has 2 N–H and O–H groups in total. The van der Waals surface area contributed by atoms with Gasteiger partial charge < -0.3 is 15.0 Å². The van der Waals surface area contributed by atoms with Gasteiger partial charge in [0.15, 0.2) is 5.78 Å². The topological polar surface area (TPSA) is 70.7 Å². The summed E-state index contributed by atoms with van der Waals surface area (Å²) in [7, 11) is 0. The van der Waals surface area contributed by atoms with E-state index in [4.69, 9.17) is 4.74 Å². The molecule has 0 bridgehead atoms. The van der Waals surface area contributed by atoms with Gasteiger partial charge >= 0.3 is 6.09 Å². The van der Waals surface area contributed by atoms with Crippen LogP contribution < -0.4 is 10.6 Å². The number of likely N-dealkylation sites (tertiary alicyclic amines) is 1. The highest BCUT2D eigenvalue weighted by Crippen LogP contribution is 2.30. The Morgan fingerprint density at radius 2 is 1.90 bits per heavy atom. The Kier molecular flexibility index (Phi) is 7.25. The number of hydrogen-bond donors (Lipinski definition) is 2. The molecule has 2 aromatic carbocycles. The molecule has 2 heterocycles. The van der Waals surface area contributed by atoms with Crippen molar-refractivity contribution in [1.82, 2.24) is 4.90 Å². The number of carbonyl (C=O) groups is 2. The molecule has 1 fully saturated rings. The molecule has 0 unspecified atom stereocenters. The van der Waals surface area contributed by atoms with Gasteiger partial charge in [-0.05, 0) is 62.5 Å². The molecule has 2 aromatic rings. The number of nitrogens with zero attached hydrogens (tertiary/aromatic N) is 1. The minimum atomic E-state index is -0.416. The van der Waals surface area contributed by atoms with E-state index in [0.717, 1.165) is 73.3 Å². The van der Waals surface area contributed by atoms with Crippen LogP contribution >= 0.6 is 15.9 Å². The molecule has 1 saturated heterocycles. The fourth-order valence-electron chi connectivity index (χ4n) is 4.31. The summed E-state index contributed by atoms with van der Waals surface area (Å²) in [5.41, 5.74) is 3.79. The summed E-state index contributed by atoms with van der Waals surface area (Å²) < 4.78 is 6.35. The second kappa shape index (κ2) is 10.3. The van der Waals surface area contributed by atoms with Crippen molar-refractivity contribution in [3.63, 3.8) is 0 Å². The maximum atomic E-state index is 12.7. The van der Waals surface area contributed by atoms with E-state index in [1.165, 1.54) is 5.56 Å². The van der Waals surface area contributed by atoms with Gasteiger partial charge in [0.05, 0.1) is 18.0 Å². The summed E-state index contributed by atoms with van der Waals surface area (Å²) in [6.45, 7) is 3.96. The minimum absolute atomic E-state index is 0.0978. The number of ether oxygens (including phenoxy) is 1. The summed E-state index contributed by atoms with van der Waals surface area (Å²) in [6, 6.07) is 13.5. The third-order valence-electron chi connectivity index (χ3n) is 6.02. The molecular weight excluding hydrogens is 458 g/mol. The number of halogens is 1. The normalized spacial score (nSPS) is 16.4. The van der Waals surface area contributed by atoms with Crippen molar-refractivity contribution in [3.8, 4) is 0 Å². The van der Waals surface area contributed by atoms with Gasteiger partial charge in [-0.3, -0.25) is 10.1 Å². The lowest BCUT2D eigenvalue weighted by molar-refractivity contribution is 0.0830. The Labute approximate surface area is 191 Å². The van der Waals surface area contributed by atoms with Crippen molar-refractivity contribution in [3.05, 3.63) is 58.1 Å². The van der Waals surface area contributed by atoms with Gasteiger partial charge in [-0.15, -0.1) is 0 Å². The van der Waals surface area contributed by atoms with Crippen molar-refractivity contribution >= 4 is 39.2 Å². The molecule has 2 aliphatic heterocycles. The van der Waals surface area contributed by atoms with Crippen LogP contribution in [0.4, 0.5) is 16.2 Å². The second-order valence-corrected chi connectivity index (χ2v) is 9.03. The molecule has 0 aliphatic carbocycles. The molecule has 31 heavy (non-hydrogen) atoms. The number of carbonyl (C=O) groups excluding carboxylic acids is 2. The number of benzene rings is 2. The van der Waals surface area contributed by atoms with Crippen molar-refractivity contribution in [1.29, 1.82) is 0 Å². The van der Waals surface area contributed by atoms with E-state index in [1.54, 1.807) is 0 Å². The van der Waals surface area contributed by atoms with E-state index in [0.29, 0.717) is 6.61 Å².